The molecule has 1 aliphatic carbocycles. The molecule has 2 heterocycles. The normalized spacial score (nSPS) is 20.0. The molecule has 0 bridgehead atoms. The SMILES string of the molecule is CCNC(=NCc1ccccc1-n1cccn1)NC1CCN(C(=O)C2CCCC2)C1. The fourth-order valence-electron chi connectivity index (χ4n) is 4.47. The maximum absolute atomic E-state index is 12.7. The predicted molar refractivity (Wildman–Crippen MR) is 118 cm³/mol. The van der Waals surface area contributed by atoms with Gasteiger partial charge in [-0.25, -0.2) is 9.67 Å². The van der Waals surface area contributed by atoms with Gasteiger partial charge in [0.1, 0.15) is 0 Å². The van der Waals surface area contributed by atoms with E-state index in [1.165, 1.54) is 12.8 Å². The molecular weight excluding hydrogens is 376 g/mol. The van der Waals surface area contributed by atoms with E-state index in [2.05, 4.69) is 34.8 Å². The molecule has 1 aromatic heterocycles. The first-order valence-corrected chi connectivity index (χ1v) is 11.2. The molecule has 160 valence electrons. The molecule has 1 saturated carbocycles. The minimum atomic E-state index is 0.245. The van der Waals surface area contributed by atoms with Gasteiger partial charge in [0.15, 0.2) is 5.96 Å². The highest BCUT2D eigenvalue weighted by atomic mass is 16.2. The molecule has 4 rings (SSSR count). The zero-order valence-electron chi connectivity index (χ0n) is 17.8. The zero-order valence-corrected chi connectivity index (χ0v) is 17.8. The number of rotatable bonds is 6. The Kier molecular flexibility index (Phi) is 6.67. The molecule has 2 fully saturated rings. The van der Waals surface area contributed by atoms with Gasteiger partial charge in [-0.2, -0.15) is 5.10 Å². The number of guanidine groups is 1. The first-order valence-electron chi connectivity index (χ1n) is 11.2. The van der Waals surface area contributed by atoms with Crippen molar-refractivity contribution in [2.75, 3.05) is 19.6 Å². The maximum atomic E-state index is 12.7. The molecule has 1 amide bonds. The third-order valence-electron chi connectivity index (χ3n) is 6.04. The number of nitrogens with one attached hydrogen (secondary N) is 2. The lowest BCUT2D eigenvalue weighted by molar-refractivity contribution is -0.134. The third-order valence-corrected chi connectivity index (χ3v) is 6.04. The van der Waals surface area contributed by atoms with Gasteiger partial charge in [-0.15, -0.1) is 0 Å². The van der Waals surface area contributed by atoms with E-state index in [9.17, 15) is 4.79 Å². The highest BCUT2D eigenvalue weighted by molar-refractivity contribution is 5.81. The molecular formula is C23H32N6O. The van der Waals surface area contributed by atoms with Crippen LogP contribution in [0.25, 0.3) is 5.69 Å². The molecule has 0 spiro atoms. The van der Waals surface area contributed by atoms with Gasteiger partial charge < -0.3 is 15.5 Å². The molecule has 2 aliphatic rings. The summed E-state index contributed by atoms with van der Waals surface area (Å²) in [6.07, 6.45) is 9.21. The monoisotopic (exact) mass is 408 g/mol. The Bertz CT molecular complexity index is 856. The van der Waals surface area contributed by atoms with E-state index in [0.29, 0.717) is 12.5 Å². The van der Waals surface area contributed by atoms with Gasteiger partial charge in [-0.3, -0.25) is 4.79 Å². The number of hydrogen-bond acceptors (Lipinski definition) is 3. The zero-order chi connectivity index (χ0) is 20.8. The molecule has 2 aromatic rings. The van der Waals surface area contributed by atoms with Gasteiger partial charge in [-0.05, 0) is 43.9 Å². The van der Waals surface area contributed by atoms with Gasteiger partial charge in [0, 0.05) is 44.0 Å². The topological polar surface area (TPSA) is 74.6 Å². The van der Waals surface area contributed by atoms with Crippen molar-refractivity contribution in [1.82, 2.24) is 25.3 Å². The van der Waals surface area contributed by atoms with Gasteiger partial charge >= 0.3 is 0 Å². The van der Waals surface area contributed by atoms with Crippen LogP contribution >= 0.6 is 0 Å². The second-order valence-electron chi connectivity index (χ2n) is 8.17. The fraction of sp³-hybridized carbons (Fsp3) is 0.522. The van der Waals surface area contributed by atoms with Gasteiger partial charge in [-0.1, -0.05) is 31.0 Å². The van der Waals surface area contributed by atoms with Crippen LogP contribution in [-0.4, -0.2) is 52.2 Å². The summed E-state index contributed by atoms with van der Waals surface area (Å²) < 4.78 is 1.87. The summed E-state index contributed by atoms with van der Waals surface area (Å²) in [5.41, 5.74) is 2.15. The van der Waals surface area contributed by atoms with E-state index in [1.807, 2.05) is 34.0 Å². The largest absolute Gasteiger partial charge is 0.357 e. The number of para-hydroxylation sites is 1. The van der Waals surface area contributed by atoms with E-state index < -0.39 is 0 Å². The summed E-state index contributed by atoms with van der Waals surface area (Å²) >= 11 is 0. The van der Waals surface area contributed by atoms with Crippen LogP contribution in [0, 0.1) is 5.92 Å². The van der Waals surface area contributed by atoms with E-state index in [-0.39, 0.29) is 12.0 Å². The van der Waals surface area contributed by atoms with Crippen LogP contribution in [0.1, 0.15) is 44.6 Å². The Balaban J connectivity index is 1.39. The molecule has 2 N–H and O–H groups in total. The molecule has 7 heteroatoms. The molecule has 0 radical (unpaired) electrons. The number of aliphatic imine (C=N–C) groups is 1. The Morgan fingerprint density at radius 2 is 2.03 bits per heavy atom. The van der Waals surface area contributed by atoms with Gasteiger partial charge in [0.2, 0.25) is 5.91 Å². The number of amides is 1. The Morgan fingerprint density at radius 3 is 2.80 bits per heavy atom. The third kappa shape index (κ3) is 4.83. The van der Waals surface area contributed by atoms with Crippen LogP contribution in [0.3, 0.4) is 0 Å². The molecule has 1 atom stereocenters. The highest BCUT2D eigenvalue weighted by Crippen LogP contribution is 2.27. The summed E-state index contributed by atoms with van der Waals surface area (Å²) in [7, 11) is 0. The summed E-state index contributed by atoms with van der Waals surface area (Å²) in [5, 5.41) is 11.2. The van der Waals surface area contributed by atoms with Crippen molar-refractivity contribution in [2.24, 2.45) is 10.9 Å². The lowest BCUT2D eigenvalue weighted by atomic mass is 10.1. The molecule has 1 unspecified atom stereocenters. The summed E-state index contributed by atoms with van der Waals surface area (Å²) in [6, 6.07) is 10.4. The molecule has 1 saturated heterocycles. The lowest BCUT2D eigenvalue weighted by Gasteiger charge is -2.21. The number of nitrogens with zero attached hydrogens (tertiary/aromatic N) is 4. The smallest absolute Gasteiger partial charge is 0.225 e. The summed E-state index contributed by atoms with van der Waals surface area (Å²) in [4.78, 5) is 19.6. The quantitative estimate of drug-likeness (QED) is 0.569. The fourth-order valence-corrected chi connectivity index (χ4v) is 4.47. The van der Waals surface area contributed by atoms with Crippen molar-refractivity contribution in [3.63, 3.8) is 0 Å². The number of aromatic nitrogens is 2. The molecule has 30 heavy (non-hydrogen) atoms. The first kappa shape index (κ1) is 20.4. The Labute approximate surface area is 178 Å². The van der Waals surface area contributed by atoms with E-state index >= 15 is 0 Å². The average molecular weight is 409 g/mol. The number of carbonyl (C=O) groups is 1. The number of likely N-dealkylation sites (tertiary alicyclic amines) is 1. The van der Waals surface area contributed by atoms with Crippen LogP contribution in [0.15, 0.2) is 47.7 Å². The minimum absolute atomic E-state index is 0.245. The van der Waals surface area contributed by atoms with Crippen molar-refractivity contribution >= 4 is 11.9 Å². The molecule has 1 aliphatic heterocycles. The van der Waals surface area contributed by atoms with Crippen LogP contribution in [-0.2, 0) is 11.3 Å². The van der Waals surface area contributed by atoms with Crippen LogP contribution in [0.5, 0.6) is 0 Å². The first-order chi connectivity index (χ1) is 14.7. The van der Waals surface area contributed by atoms with Gasteiger partial charge in [0.25, 0.3) is 0 Å². The van der Waals surface area contributed by atoms with Crippen molar-refractivity contribution in [2.45, 2.75) is 51.6 Å². The predicted octanol–water partition coefficient (Wildman–Crippen LogP) is 2.72. The van der Waals surface area contributed by atoms with Crippen molar-refractivity contribution in [1.29, 1.82) is 0 Å². The number of hydrogen-bond donors (Lipinski definition) is 2. The minimum Gasteiger partial charge on any atom is -0.357 e. The van der Waals surface area contributed by atoms with Crippen LogP contribution in [0.2, 0.25) is 0 Å². The number of benzene rings is 1. The highest BCUT2D eigenvalue weighted by Gasteiger charge is 2.32. The second-order valence-corrected chi connectivity index (χ2v) is 8.17. The summed E-state index contributed by atoms with van der Waals surface area (Å²) in [5.74, 6) is 1.41. The average Bonchev–Trinajstić information content (AvgIpc) is 3.55. The van der Waals surface area contributed by atoms with Crippen molar-refractivity contribution in [3.8, 4) is 5.69 Å². The van der Waals surface area contributed by atoms with Crippen LogP contribution in [0.4, 0.5) is 0 Å². The summed E-state index contributed by atoms with van der Waals surface area (Å²) in [6.45, 7) is 5.03. The molecule has 7 nitrogen and oxygen atoms in total. The van der Waals surface area contributed by atoms with E-state index in [4.69, 9.17) is 4.99 Å². The number of carbonyl (C=O) groups excluding carboxylic acids is 1. The second kappa shape index (κ2) is 9.78. The van der Waals surface area contributed by atoms with Crippen molar-refractivity contribution in [3.05, 3.63) is 48.3 Å². The van der Waals surface area contributed by atoms with E-state index in [1.54, 1.807) is 6.20 Å². The lowest BCUT2D eigenvalue weighted by Crippen LogP contribution is -2.45. The Morgan fingerprint density at radius 1 is 1.20 bits per heavy atom. The van der Waals surface area contributed by atoms with Crippen LogP contribution < -0.4 is 10.6 Å². The van der Waals surface area contributed by atoms with E-state index in [0.717, 1.165) is 56.1 Å². The van der Waals surface area contributed by atoms with Crippen molar-refractivity contribution < 1.29 is 4.79 Å². The Hall–Kier alpha value is -2.83. The maximum Gasteiger partial charge on any atom is 0.225 e. The molecule has 1 aromatic carbocycles. The van der Waals surface area contributed by atoms with Gasteiger partial charge in [0.05, 0.1) is 12.2 Å². The standard InChI is InChI=1S/C23H32N6O/c1-2-24-23(25-16-19-10-5-6-11-21(19)29-14-7-13-26-29)27-20-12-15-28(17-20)22(30)18-8-3-4-9-18/h5-7,10-11,13-14,18,20H,2-4,8-9,12,15-17H2,1H3,(H2,24,25,27).